The molecule has 0 bridgehead atoms. The number of hydrogen-bond acceptors (Lipinski definition) is 3. The third-order valence-electron chi connectivity index (χ3n) is 5.15. The van der Waals surface area contributed by atoms with E-state index in [1.807, 2.05) is 12.1 Å². The summed E-state index contributed by atoms with van der Waals surface area (Å²) in [6.45, 7) is 0. The summed E-state index contributed by atoms with van der Waals surface area (Å²) < 4.78 is 0.650. The van der Waals surface area contributed by atoms with E-state index in [1.54, 1.807) is 54.6 Å². The number of benzene rings is 3. The van der Waals surface area contributed by atoms with E-state index in [0.717, 1.165) is 0 Å². The van der Waals surface area contributed by atoms with Crippen LogP contribution in [0.2, 0.25) is 0 Å². The van der Waals surface area contributed by atoms with Crippen LogP contribution in [0.1, 0.15) is 37.4 Å². The fraction of sp³-hybridized carbons (Fsp3) is 0. The molecule has 0 atom stereocenters. The van der Waals surface area contributed by atoms with Gasteiger partial charge in [-0.3, -0.25) is 9.59 Å². The van der Waals surface area contributed by atoms with Crippen LogP contribution in [0.15, 0.2) is 76.8 Å². The SMILES string of the molecule is O=C1[NH2+]c2ccc(Br)c3c2C(=C1C(=O)c1ccccc1)c1ccccc1C3=O. The van der Waals surface area contributed by atoms with Crippen molar-refractivity contribution in [2.45, 2.75) is 0 Å². The van der Waals surface area contributed by atoms with E-state index in [1.165, 1.54) is 5.32 Å². The van der Waals surface area contributed by atoms with Crippen LogP contribution in [0.25, 0.3) is 5.57 Å². The van der Waals surface area contributed by atoms with Gasteiger partial charge in [-0.15, -0.1) is 0 Å². The Balaban J connectivity index is 1.91. The maximum absolute atomic E-state index is 13.3. The van der Waals surface area contributed by atoms with Crippen molar-refractivity contribution >= 4 is 44.7 Å². The lowest BCUT2D eigenvalue weighted by Gasteiger charge is -2.27. The number of nitrogens with two attached hydrogens (primary N) is 1. The fourth-order valence-corrected chi connectivity index (χ4v) is 4.44. The van der Waals surface area contributed by atoms with Crippen molar-refractivity contribution < 1.29 is 19.7 Å². The first kappa shape index (κ1) is 17.0. The lowest BCUT2D eigenvalue weighted by molar-refractivity contribution is -0.479. The van der Waals surface area contributed by atoms with Gasteiger partial charge in [-0.05, 0) is 11.6 Å². The van der Waals surface area contributed by atoms with Gasteiger partial charge in [0.2, 0.25) is 5.78 Å². The quantitative estimate of drug-likeness (QED) is 0.301. The van der Waals surface area contributed by atoms with Crippen molar-refractivity contribution in [1.29, 1.82) is 0 Å². The van der Waals surface area contributed by atoms with Gasteiger partial charge >= 0.3 is 5.91 Å². The zero-order valence-electron chi connectivity index (χ0n) is 14.5. The van der Waals surface area contributed by atoms with E-state index < -0.39 is 0 Å². The summed E-state index contributed by atoms with van der Waals surface area (Å²) in [6, 6.07) is 19.5. The molecule has 1 amide bonds. The van der Waals surface area contributed by atoms with Gasteiger partial charge in [-0.25, -0.2) is 10.1 Å². The number of carbonyl (C=O) groups is 3. The minimum atomic E-state index is -0.339. The molecule has 1 heterocycles. The number of fused-ring (bicyclic) bond motifs is 2. The second-order valence-corrected chi connectivity index (χ2v) is 7.57. The topological polar surface area (TPSA) is 67.8 Å². The molecule has 5 heteroatoms. The van der Waals surface area contributed by atoms with E-state index in [0.29, 0.717) is 43.6 Å². The highest BCUT2D eigenvalue weighted by atomic mass is 79.9. The van der Waals surface area contributed by atoms with Crippen LogP contribution in [-0.4, -0.2) is 17.5 Å². The Morgan fingerprint density at radius 3 is 2.21 bits per heavy atom. The van der Waals surface area contributed by atoms with Gasteiger partial charge in [0.1, 0.15) is 11.3 Å². The predicted molar refractivity (Wildman–Crippen MR) is 107 cm³/mol. The van der Waals surface area contributed by atoms with Gasteiger partial charge in [0.15, 0.2) is 5.78 Å². The monoisotopic (exact) mass is 430 g/mol. The summed E-state index contributed by atoms with van der Waals surface area (Å²) in [5.74, 6) is -0.788. The van der Waals surface area contributed by atoms with Crippen molar-refractivity contribution in [2.75, 3.05) is 0 Å². The number of primary amides is 1. The molecule has 0 spiro atoms. The van der Waals surface area contributed by atoms with Gasteiger partial charge in [-0.2, -0.15) is 0 Å². The second kappa shape index (κ2) is 6.19. The molecule has 0 radical (unpaired) electrons. The van der Waals surface area contributed by atoms with E-state index >= 15 is 0 Å². The molecule has 3 aromatic carbocycles. The highest BCUT2D eigenvalue weighted by molar-refractivity contribution is 9.10. The molecule has 2 N–H and O–H groups in total. The van der Waals surface area contributed by atoms with E-state index in [4.69, 9.17) is 0 Å². The standard InChI is InChI=1S/C23H12BrNO3/c24-15-10-11-16-19-17(13-8-4-5-9-14(13)22(27)18(15)19)20(23(28)25-16)21(26)12-6-2-1-3-7-12/h1-11H,(H,25,28)/p+1. The van der Waals surface area contributed by atoms with Crippen LogP contribution < -0.4 is 5.32 Å². The first-order valence-electron chi connectivity index (χ1n) is 8.78. The predicted octanol–water partition coefficient (Wildman–Crippen LogP) is 3.41. The molecule has 0 aromatic heterocycles. The number of quaternary nitrogens is 1. The molecule has 1 aliphatic heterocycles. The molecule has 0 saturated heterocycles. The van der Waals surface area contributed by atoms with Gasteiger partial charge in [0, 0.05) is 27.2 Å². The molecule has 3 aromatic rings. The number of ketones is 2. The summed E-state index contributed by atoms with van der Waals surface area (Å²) in [7, 11) is 0. The van der Waals surface area contributed by atoms with Gasteiger partial charge in [0.05, 0.1) is 11.1 Å². The first-order chi connectivity index (χ1) is 13.6. The summed E-state index contributed by atoms with van der Waals surface area (Å²) in [4.78, 5) is 39.5. The van der Waals surface area contributed by atoms with Crippen molar-refractivity contribution in [1.82, 2.24) is 0 Å². The number of Topliss-reactive ketones (excluding diaryl/α,β-unsaturated/α-hetero) is 1. The number of halogens is 1. The van der Waals surface area contributed by atoms with Crippen LogP contribution in [0.3, 0.4) is 0 Å². The average molecular weight is 431 g/mol. The smallest absolute Gasteiger partial charge is 0.289 e. The van der Waals surface area contributed by atoms with E-state index in [2.05, 4.69) is 15.9 Å². The van der Waals surface area contributed by atoms with Gasteiger partial charge < -0.3 is 0 Å². The Morgan fingerprint density at radius 1 is 0.786 bits per heavy atom. The molecule has 5 rings (SSSR count). The Hall–Kier alpha value is -3.15. The van der Waals surface area contributed by atoms with Crippen LogP contribution >= 0.6 is 15.9 Å². The van der Waals surface area contributed by atoms with Crippen molar-refractivity contribution in [3.05, 3.63) is 105 Å². The third kappa shape index (κ3) is 2.30. The van der Waals surface area contributed by atoms with Crippen molar-refractivity contribution in [3.8, 4) is 0 Å². The molecule has 0 saturated carbocycles. The first-order valence-corrected chi connectivity index (χ1v) is 9.57. The Morgan fingerprint density at radius 2 is 1.46 bits per heavy atom. The van der Waals surface area contributed by atoms with Crippen molar-refractivity contribution in [3.63, 3.8) is 0 Å². The molecule has 134 valence electrons. The highest BCUT2D eigenvalue weighted by Gasteiger charge is 2.42. The maximum atomic E-state index is 13.3. The Kier molecular flexibility index (Phi) is 3.75. The van der Waals surface area contributed by atoms with Gasteiger partial charge in [0.25, 0.3) is 0 Å². The lowest BCUT2D eigenvalue weighted by atomic mass is 9.76. The Labute approximate surface area is 169 Å². The maximum Gasteiger partial charge on any atom is 0.352 e. The van der Waals surface area contributed by atoms with Crippen LogP contribution in [-0.2, 0) is 4.79 Å². The summed E-state index contributed by atoms with van der Waals surface area (Å²) in [6.07, 6.45) is 0. The molecule has 0 unspecified atom stereocenters. The van der Waals surface area contributed by atoms with Crippen LogP contribution in [0.4, 0.5) is 5.69 Å². The van der Waals surface area contributed by atoms with Crippen LogP contribution in [0, 0.1) is 0 Å². The molecule has 2 aliphatic rings. The van der Waals surface area contributed by atoms with Gasteiger partial charge in [-0.1, -0.05) is 70.5 Å². The number of amides is 1. The molecule has 0 fully saturated rings. The molecule has 1 aliphatic carbocycles. The number of carbonyl (C=O) groups excluding carboxylic acids is 3. The molecular formula is C23H13BrNO3+. The largest absolute Gasteiger partial charge is 0.352 e. The fourth-order valence-electron chi connectivity index (χ4n) is 3.93. The Bertz CT molecular complexity index is 1240. The van der Waals surface area contributed by atoms with Crippen molar-refractivity contribution in [2.24, 2.45) is 0 Å². The number of rotatable bonds is 2. The summed E-state index contributed by atoms with van der Waals surface area (Å²) in [5.41, 5.74) is 4.02. The van der Waals surface area contributed by atoms with Crippen LogP contribution in [0.5, 0.6) is 0 Å². The van der Waals surface area contributed by atoms with E-state index in [-0.39, 0.29) is 23.0 Å². The zero-order valence-corrected chi connectivity index (χ0v) is 16.1. The third-order valence-corrected chi connectivity index (χ3v) is 5.81. The summed E-state index contributed by atoms with van der Waals surface area (Å²) in [5, 5.41) is 1.45. The normalized spacial score (nSPS) is 14.6. The minimum absolute atomic E-state index is 0.109. The molecular weight excluding hydrogens is 418 g/mol. The summed E-state index contributed by atoms with van der Waals surface area (Å²) >= 11 is 3.48. The lowest BCUT2D eigenvalue weighted by Crippen LogP contribution is -2.84. The minimum Gasteiger partial charge on any atom is -0.289 e. The number of hydrogen-bond donors (Lipinski definition) is 1. The van der Waals surface area contributed by atoms with E-state index in [9.17, 15) is 14.4 Å². The highest BCUT2D eigenvalue weighted by Crippen LogP contribution is 2.44. The molecule has 4 nitrogen and oxygen atoms in total. The second-order valence-electron chi connectivity index (χ2n) is 6.72. The zero-order chi connectivity index (χ0) is 19.4. The molecule has 28 heavy (non-hydrogen) atoms. The average Bonchev–Trinajstić information content (AvgIpc) is 2.72.